The molecule has 0 radical (unpaired) electrons. The fraction of sp³-hybridized carbons (Fsp3) is 0.727. The Bertz CT molecular complexity index is 525. The van der Waals surface area contributed by atoms with Gasteiger partial charge in [0.05, 0.1) is 5.60 Å². The number of hydrogen-bond donors (Lipinski definition) is 1. The molecule has 0 bridgehead atoms. The van der Waals surface area contributed by atoms with Crippen molar-refractivity contribution in [2.24, 2.45) is 11.3 Å². The first-order valence-corrected chi connectivity index (χ1v) is 9.91. The SMILES string of the molecule is CC[C@]1(C)C[C@@](CCNCc2ccc(N(C)C)cc2)(C(C)C)CCO1. The molecule has 0 unspecified atom stereocenters. The normalized spacial score (nSPS) is 26.8. The third-order valence-corrected chi connectivity index (χ3v) is 6.33. The monoisotopic (exact) mass is 346 g/mol. The highest BCUT2D eigenvalue weighted by Gasteiger charge is 2.43. The maximum atomic E-state index is 6.10. The maximum Gasteiger partial charge on any atom is 0.0657 e. The molecule has 0 spiro atoms. The number of rotatable bonds is 8. The summed E-state index contributed by atoms with van der Waals surface area (Å²) in [6.07, 6.45) is 4.72. The van der Waals surface area contributed by atoms with Gasteiger partial charge in [-0.1, -0.05) is 32.9 Å². The van der Waals surface area contributed by atoms with E-state index in [0.717, 1.165) is 26.1 Å². The van der Waals surface area contributed by atoms with Gasteiger partial charge in [0.15, 0.2) is 0 Å². The molecular formula is C22H38N2O. The van der Waals surface area contributed by atoms with Gasteiger partial charge in [-0.05, 0) is 68.2 Å². The molecule has 1 aliphatic rings. The number of hydrogen-bond acceptors (Lipinski definition) is 3. The molecule has 1 fully saturated rings. The lowest BCUT2D eigenvalue weighted by molar-refractivity contribution is -0.132. The number of anilines is 1. The van der Waals surface area contributed by atoms with Crippen LogP contribution in [0.3, 0.4) is 0 Å². The minimum Gasteiger partial charge on any atom is -0.378 e. The van der Waals surface area contributed by atoms with Crippen LogP contribution in [0.4, 0.5) is 5.69 Å². The summed E-state index contributed by atoms with van der Waals surface area (Å²) in [5.74, 6) is 0.698. The molecule has 1 aromatic carbocycles. The molecule has 0 aliphatic carbocycles. The van der Waals surface area contributed by atoms with Crippen molar-refractivity contribution in [3.8, 4) is 0 Å². The number of nitrogens with zero attached hydrogens (tertiary/aromatic N) is 1. The van der Waals surface area contributed by atoms with Crippen LogP contribution in [0.25, 0.3) is 0 Å². The van der Waals surface area contributed by atoms with Gasteiger partial charge < -0.3 is 15.0 Å². The van der Waals surface area contributed by atoms with Gasteiger partial charge in [0.25, 0.3) is 0 Å². The largest absolute Gasteiger partial charge is 0.378 e. The Morgan fingerprint density at radius 1 is 1.20 bits per heavy atom. The molecule has 2 rings (SSSR count). The summed E-state index contributed by atoms with van der Waals surface area (Å²) < 4.78 is 6.10. The van der Waals surface area contributed by atoms with Crippen molar-refractivity contribution in [3.63, 3.8) is 0 Å². The van der Waals surface area contributed by atoms with Crippen molar-refractivity contribution in [1.29, 1.82) is 0 Å². The lowest BCUT2D eigenvalue weighted by Gasteiger charge is -2.49. The molecule has 3 heteroatoms. The highest BCUT2D eigenvalue weighted by atomic mass is 16.5. The zero-order valence-electron chi connectivity index (χ0n) is 17.2. The summed E-state index contributed by atoms with van der Waals surface area (Å²) in [6, 6.07) is 8.84. The Labute approximate surface area is 155 Å². The van der Waals surface area contributed by atoms with Crippen LogP contribution >= 0.6 is 0 Å². The summed E-state index contributed by atoms with van der Waals surface area (Å²) in [5, 5.41) is 3.67. The molecule has 1 heterocycles. The zero-order valence-corrected chi connectivity index (χ0v) is 17.2. The van der Waals surface area contributed by atoms with E-state index in [1.165, 1.54) is 30.5 Å². The molecule has 0 amide bonds. The molecule has 2 atom stereocenters. The van der Waals surface area contributed by atoms with Crippen LogP contribution < -0.4 is 10.2 Å². The van der Waals surface area contributed by atoms with Gasteiger partial charge in [-0.15, -0.1) is 0 Å². The molecule has 25 heavy (non-hydrogen) atoms. The predicted octanol–water partition coefficient (Wildman–Crippen LogP) is 4.85. The molecule has 3 nitrogen and oxygen atoms in total. The van der Waals surface area contributed by atoms with Gasteiger partial charge in [0.1, 0.15) is 0 Å². The van der Waals surface area contributed by atoms with Gasteiger partial charge >= 0.3 is 0 Å². The van der Waals surface area contributed by atoms with E-state index in [-0.39, 0.29) is 5.60 Å². The van der Waals surface area contributed by atoms with Crippen molar-refractivity contribution < 1.29 is 4.74 Å². The van der Waals surface area contributed by atoms with Crippen molar-refractivity contribution >= 4 is 5.69 Å². The van der Waals surface area contributed by atoms with Crippen LogP contribution in [0.15, 0.2) is 24.3 Å². The van der Waals surface area contributed by atoms with Crippen molar-refractivity contribution in [3.05, 3.63) is 29.8 Å². The fourth-order valence-electron chi connectivity index (χ4n) is 4.09. The number of benzene rings is 1. The van der Waals surface area contributed by atoms with Gasteiger partial charge in [-0.2, -0.15) is 0 Å². The minimum atomic E-state index is 0.0600. The van der Waals surface area contributed by atoms with Crippen molar-refractivity contribution in [2.75, 3.05) is 32.1 Å². The molecule has 1 saturated heterocycles. The molecular weight excluding hydrogens is 308 g/mol. The first-order chi connectivity index (χ1) is 11.8. The fourth-order valence-corrected chi connectivity index (χ4v) is 4.09. The number of ether oxygens (including phenoxy) is 1. The van der Waals surface area contributed by atoms with E-state index in [1.807, 2.05) is 0 Å². The zero-order chi connectivity index (χ0) is 18.5. The van der Waals surface area contributed by atoms with Crippen LogP contribution in [0.5, 0.6) is 0 Å². The molecule has 0 aromatic heterocycles. The van der Waals surface area contributed by atoms with E-state index in [1.54, 1.807) is 0 Å². The second-order valence-electron chi connectivity index (χ2n) is 8.58. The Balaban J connectivity index is 1.87. The standard InChI is InChI=1S/C22H38N2O/c1-7-21(4)17-22(18(2)3,13-15-25-21)12-14-23-16-19-8-10-20(11-9-19)24(5)6/h8-11,18,23H,7,12-17H2,1-6H3/t21-,22+/m1/s1. The lowest BCUT2D eigenvalue weighted by Crippen LogP contribution is -2.46. The Hall–Kier alpha value is -1.06. The molecule has 1 aromatic rings. The van der Waals surface area contributed by atoms with Crippen LogP contribution in [-0.2, 0) is 11.3 Å². The molecule has 142 valence electrons. The summed E-state index contributed by atoms with van der Waals surface area (Å²) in [5.41, 5.74) is 3.08. The van der Waals surface area contributed by atoms with E-state index in [0.29, 0.717) is 11.3 Å². The summed E-state index contributed by atoms with van der Waals surface area (Å²) in [4.78, 5) is 2.14. The smallest absolute Gasteiger partial charge is 0.0657 e. The highest BCUT2D eigenvalue weighted by molar-refractivity contribution is 5.45. The Morgan fingerprint density at radius 3 is 2.44 bits per heavy atom. The average molecular weight is 347 g/mol. The second-order valence-corrected chi connectivity index (χ2v) is 8.58. The number of nitrogens with one attached hydrogen (secondary N) is 1. The van der Waals surface area contributed by atoms with Crippen LogP contribution in [0.2, 0.25) is 0 Å². The molecule has 0 saturated carbocycles. The van der Waals surface area contributed by atoms with Crippen LogP contribution in [-0.4, -0.2) is 32.8 Å². The molecule has 1 aliphatic heterocycles. The second kappa shape index (κ2) is 8.55. The maximum absolute atomic E-state index is 6.10. The minimum absolute atomic E-state index is 0.0600. The van der Waals surface area contributed by atoms with Gasteiger partial charge in [-0.25, -0.2) is 0 Å². The molecule has 1 N–H and O–H groups in total. The van der Waals surface area contributed by atoms with Crippen LogP contribution in [0.1, 0.15) is 58.9 Å². The average Bonchev–Trinajstić information content (AvgIpc) is 2.59. The lowest BCUT2D eigenvalue weighted by atomic mass is 9.64. The van der Waals surface area contributed by atoms with E-state index >= 15 is 0 Å². The topological polar surface area (TPSA) is 24.5 Å². The van der Waals surface area contributed by atoms with Gasteiger partial charge in [-0.3, -0.25) is 0 Å². The van der Waals surface area contributed by atoms with E-state index in [9.17, 15) is 0 Å². The highest BCUT2D eigenvalue weighted by Crippen LogP contribution is 2.47. The summed E-state index contributed by atoms with van der Waals surface area (Å²) >= 11 is 0. The predicted molar refractivity (Wildman–Crippen MR) is 108 cm³/mol. The van der Waals surface area contributed by atoms with Crippen molar-refractivity contribution in [2.45, 2.75) is 65.5 Å². The Morgan fingerprint density at radius 2 is 1.88 bits per heavy atom. The van der Waals surface area contributed by atoms with Crippen LogP contribution in [0, 0.1) is 11.3 Å². The Kier molecular flexibility index (Phi) is 6.93. The van der Waals surface area contributed by atoms with Gasteiger partial charge in [0, 0.05) is 32.9 Å². The first kappa shape index (κ1) is 20.3. The first-order valence-electron chi connectivity index (χ1n) is 9.91. The van der Waals surface area contributed by atoms with Gasteiger partial charge in [0.2, 0.25) is 0 Å². The van der Waals surface area contributed by atoms with E-state index in [2.05, 4.69) is 76.3 Å². The van der Waals surface area contributed by atoms with E-state index in [4.69, 9.17) is 4.74 Å². The van der Waals surface area contributed by atoms with Crippen molar-refractivity contribution in [1.82, 2.24) is 5.32 Å². The quantitative estimate of drug-likeness (QED) is 0.681. The van der Waals surface area contributed by atoms with E-state index < -0.39 is 0 Å². The third kappa shape index (κ3) is 5.21. The summed E-state index contributed by atoms with van der Waals surface area (Å²) in [6.45, 7) is 12.3. The third-order valence-electron chi connectivity index (χ3n) is 6.33. The summed E-state index contributed by atoms with van der Waals surface area (Å²) in [7, 11) is 4.16.